The van der Waals surface area contributed by atoms with E-state index in [9.17, 15) is 0 Å². The Morgan fingerprint density at radius 2 is 1.45 bits per heavy atom. The van der Waals surface area contributed by atoms with Crippen LogP contribution in [-0.4, -0.2) is 4.57 Å². The van der Waals surface area contributed by atoms with Crippen LogP contribution in [0, 0.1) is 0 Å². The molecular formula is C27H20BrN. The number of hydrogen-bond donors (Lipinski definition) is 0. The van der Waals surface area contributed by atoms with Gasteiger partial charge in [-0.2, -0.15) is 0 Å². The van der Waals surface area contributed by atoms with Gasteiger partial charge >= 0.3 is 0 Å². The highest BCUT2D eigenvalue weighted by Crippen LogP contribution is 2.55. The van der Waals surface area contributed by atoms with Crippen molar-refractivity contribution in [1.82, 2.24) is 4.57 Å². The molecule has 6 rings (SSSR count). The fourth-order valence-corrected chi connectivity index (χ4v) is 5.83. The quantitative estimate of drug-likeness (QED) is 0.251. The molecule has 0 unspecified atom stereocenters. The van der Waals surface area contributed by atoms with Gasteiger partial charge in [0.2, 0.25) is 0 Å². The minimum atomic E-state index is -0.0745. The molecule has 0 aliphatic heterocycles. The Morgan fingerprint density at radius 1 is 0.759 bits per heavy atom. The summed E-state index contributed by atoms with van der Waals surface area (Å²) in [5.41, 5.74) is 9.17. The standard InChI is InChI=1S/C27H20BrN/c1-27(2)21-14-8-6-13-19(21)24-22(28)16-20-18-12-7-9-15-23(18)29(26(20)25(24)27)17-10-4-3-5-11-17/h3-16H,1-2H3. The predicted molar refractivity (Wildman–Crippen MR) is 126 cm³/mol. The van der Waals surface area contributed by atoms with Crippen LogP contribution in [0.3, 0.4) is 0 Å². The average molecular weight is 438 g/mol. The van der Waals surface area contributed by atoms with Crippen molar-refractivity contribution in [3.8, 4) is 16.8 Å². The first-order valence-corrected chi connectivity index (χ1v) is 10.8. The summed E-state index contributed by atoms with van der Waals surface area (Å²) in [6, 6.07) is 30.6. The maximum Gasteiger partial charge on any atom is 0.0588 e. The van der Waals surface area contributed by atoms with Gasteiger partial charge in [-0.05, 0) is 41.0 Å². The van der Waals surface area contributed by atoms with Gasteiger partial charge in [-0.25, -0.2) is 0 Å². The summed E-state index contributed by atoms with van der Waals surface area (Å²) < 4.78 is 3.62. The SMILES string of the molecule is CC1(C)c2ccccc2-c2c(Br)cc3c4ccccc4n(-c4ccccc4)c3c21. The predicted octanol–water partition coefficient (Wildman–Crippen LogP) is 7.85. The molecule has 0 spiro atoms. The molecule has 2 heteroatoms. The van der Waals surface area contributed by atoms with Gasteiger partial charge in [0.25, 0.3) is 0 Å². The molecule has 29 heavy (non-hydrogen) atoms. The van der Waals surface area contributed by atoms with E-state index in [1.807, 2.05) is 0 Å². The van der Waals surface area contributed by atoms with Crippen LogP contribution >= 0.6 is 15.9 Å². The number of hydrogen-bond acceptors (Lipinski definition) is 0. The Balaban J connectivity index is 1.90. The van der Waals surface area contributed by atoms with Crippen LogP contribution in [0.2, 0.25) is 0 Å². The molecule has 1 aliphatic rings. The van der Waals surface area contributed by atoms with Gasteiger partial charge in [0.05, 0.1) is 11.0 Å². The summed E-state index contributed by atoms with van der Waals surface area (Å²) in [4.78, 5) is 0. The van der Waals surface area contributed by atoms with E-state index in [0.717, 1.165) is 0 Å². The molecule has 0 fully saturated rings. The van der Waals surface area contributed by atoms with Crippen molar-refractivity contribution in [1.29, 1.82) is 0 Å². The number of fused-ring (bicyclic) bond motifs is 7. The van der Waals surface area contributed by atoms with Crippen molar-refractivity contribution in [2.45, 2.75) is 19.3 Å². The molecule has 1 heterocycles. The normalized spacial score (nSPS) is 14.3. The van der Waals surface area contributed by atoms with Crippen LogP contribution < -0.4 is 0 Å². The van der Waals surface area contributed by atoms with E-state index < -0.39 is 0 Å². The van der Waals surface area contributed by atoms with Crippen LogP contribution in [0.25, 0.3) is 38.6 Å². The first-order valence-electron chi connectivity index (χ1n) is 10.0. The van der Waals surface area contributed by atoms with Crippen molar-refractivity contribution < 1.29 is 0 Å². The van der Waals surface area contributed by atoms with Gasteiger partial charge in [-0.15, -0.1) is 0 Å². The van der Waals surface area contributed by atoms with Crippen LogP contribution in [0.15, 0.2) is 89.4 Å². The van der Waals surface area contributed by atoms with Crippen molar-refractivity contribution in [2.24, 2.45) is 0 Å². The zero-order valence-electron chi connectivity index (χ0n) is 16.4. The molecule has 1 aliphatic carbocycles. The molecule has 0 saturated carbocycles. The minimum Gasteiger partial charge on any atom is -0.309 e. The number of aromatic nitrogens is 1. The van der Waals surface area contributed by atoms with Gasteiger partial charge < -0.3 is 4.57 Å². The van der Waals surface area contributed by atoms with Gasteiger partial charge in [0.1, 0.15) is 0 Å². The van der Waals surface area contributed by atoms with Gasteiger partial charge in [0.15, 0.2) is 0 Å². The Kier molecular flexibility index (Phi) is 3.43. The van der Waals surface area contributed by atoms with E-state index in [1.165, 1.54) is 54.2 Å². The summed E-state index contributed by atoms with van der Waals surface area (Å²) in [7, 11) is 0. The van der Waals surface area contributed by atoms with Crippen LogP contribution in [0.5, 0.6) is 0 Å². The summed E-state index contributed by atoms with van der Waals surface area (Å²) in [6.07, 6.45) is 0. The third-order valence-corrected chi connectivity index (χ3v) is 7.05. The van der Waals surface area contributed by atoms with Crippen molar-refractivity contribution in [2.75, 3.05) is 0 Å². The zero-order chi connectivity index (χ0) is 19.8. The molecule has 140 valence electrons. The highest BCUT2D eigenvalue weighted by molar-refractivity contribution is 9.10. The lowest BCUT2D eigenvalue weighted by molar-refractivity contribution is 0.663. The van der Waals surface area contributed by atoms with E-state index in [2.05, 4.69) is 119 Å². The van der Waals surface area contributed by atoms with Crippen molar-refractivity contribution in [3.05, 3.63) is 101 Å². The van der Waals surface area contributed by atoms with Gasteiger partial charge in [0, 0.05) is 31.9 Å². The minimum absolute atomic E-state index is 0.0745. The van der Waals surface area contributed by atoms with Crippen molar-refractivity contribution >= 4 is 37.7 Å². The lowest BCUT2D eigenvalue weighted by Gasteiger charge is -2.24. The van der Waals surface area contributed by atoms with Crippen LogP contribution in [0.1, 0.15) is 25.0 Å². The Hall–Kier alpha value is -2.84. The first kappa shape index (κ1) is 17.1. The third-order valence-electron chi connectivity index (χ3n) is 6.42. The number of para-hydroxylation sites is 2. The van der Waals surface area contributed by atoms with Gasteiger partial charge in [-0.3, -0.25) is 0 Å². The number of rotatable bonds is 1. The maximum absolute atomic E-state index is 3.93. The fourth-order valence-electron chi connectivity index (χ4n) is 5.19. The number of nitrogens with zero attached hydrogens (tertiary/aromatic N) is 1. The topological polar surface area (TPSA) is 4.93 Å². The lowest BCUT2D eigenvalue weighted by Crippen LogP contribution is -2.16. The number of halogens is 1. The van der Waals surface area contributed by atoms with Crippen LogP contribution in [0.4, 0.5) is 0 Å². The molecule has 4 aromatic carbocycles. The monoisotopic (exact) mass is 437 g/mol. The molecule has 1 nitrogen and oxygen atoms in total. The maximum atomic E-state index is 3.93. The smallest absolute Gasteiger partial charge is 0.0588 e. The molecule has 0 amide bonds. The van der Waals surface area contributed by atoms with E-state index in [0.29, 0.717) is 0 Å². The van der Waals surface area contributed by atoms with Crippen LogP contribution in [-0.2, 0) is 5.41 Å². The second kappa shape index (κ2) is 5.84. The average Bonchev–Trinajstić information content (AvgIpc) is 3.19. The molecule has 0 bridgehead atoms. The largest absolute Gasteiger partial charge is 0.309 e. The summed E-state index contributed by atoms with van der Waals surface area (Å²) in [6.45, 7) is 4.72. The molecular weight excluding hydrogens is 418 g/mol. The Bertz CT molecular complexity index is 1420. The first-order chi connectivity index (χ1) is 14.1. The fraction of sp³-hybridized carbons (Fsp3) is 0.111. The van der Waals surface area contributed by atoms with Gasteiger partial charge in [-0.1, -0.05) is 90.4 Å². The summed E-state index contributed by atoms with van der Waals surface area (Å²) in [5.74, 6) is 0. The van der Waals surface area contributed by atoms with E-state index in [4.69, 9.17) is 0 Å². The van der Waals surface area contributed by atoms with E-state index in [-0.39, 0.29) is 5.41 Å². The second-order valence-electron chi connectivity index (χ2n) is 8.36. The summed E-state index contributed by atoms with van der Waals surface area (Å²) in [5, 5.41) is 2.59. The number of benzene rings is 4. The molecule has 0 atom stereocenters. The molecule has 0 radical (unpaired) electrons. The summed E-state index contributed by atoms with van der Waals surface area (Å²) >= 11 is 3.93. The van der Waals surface area contributed by atoms with E-state index in [1.54, 1.807) is 0 Å². The van der Waals surface area contributed by atoms with E-state index >= 15 is 0 Å². The second-order valence-corrected chi connectivity index (χ2v) is 9.22. The highest BCUT2D eigenvalue weighted by atomic mass is 79.9. The lowest BCUT2D eigenvalue weighted by atomic mass is 9.81. The Labute approximate surface area is 178 Å². The molecule has 0 N–H and O–H groups in total. The highest BCUT2D eigenvalue weighted by Gasteiger charge is 2.39. The van der Waals surface area contributed by atoms with Crippen molar-refractivity contribution in [3.63, 3.8) is 0 Å². The molecule has 0 saturated heterocycles. The Morgan fingerprint density at radius 3 is 2.28 bits per heavy atom. The molecule has 1 aromatic heterocycles. The zero-order valence-corrected chi connectivity index (χ0v) is 18.0. The molecule has 5 aromatic rings. The third kappa shape index (κ3) is 2.15.